The molecule has 70 valence electrons. The number of hydrogen-bond donors (Lipinski definition) is 1. The fourth-order valence-electron chi connectivity index (χ4n) is 1.56. The molecule has 2 nitrogen and oxygen atoms in total. The van der Waals surface area contributed by atoms with Gasteiger partial charge in [0.15, 0.2) is 0 Å². The van der Waals surface area contributed by atoms with Gasteiger partial charge in [0.05, 0.1) is 0 Å². The minimum Gasteiger partial charge on any atom is -0.330 e. The third-order valence-electron chi connectivity index (χ3n) is 2.72. The molecular formula is C10H13FN2. The molecule has 0 unspecified atom stereocenters. The Morgan fingerprint density at radius 1 is 1.54 bits per heavy atom. The van der Waals surface area contributed by atoms with Gasteiger partial charge in [-0.1, -0.05) is 0 Å². The molecule has 1 aliphatic rings. The van der Waals surface area contributed by atoms with Gasteiger partial charge in [0.1, 0.15) is 5.82 Å². The van der Waals surface area contributed by atoms with Gasteiger partial charge in [0.25, 0.3) is 0 Å². The summed E-state index contributed by atoms with van der Waals surface area (Å²) in [6.45, 7) is 0.686. The van der Waals surface area contributed by atoms with Gasteiger partial charge in [0.2, 0.25) is 0 Å². The highest BCUT2D eigenvalue weighted by Gasteiger charge is 2.41. The molecule has 1 aliphatic carbocycles. The largest absolute Gasteiger partial charge is 0.330 e. The summed E-state index contributed by atoms with van der Waals surface area (Å²) in [5.74, 6) is -0.210. The lowest BCUT2D eigenvalue weighted by Gasteiger charge is -2.10. The quantitative estimate of drug-likeness (QED) is 0.765. The standard InChI is InChI=1S/C10H13FN2/c11-8-1-4-13-9(5-8)6-10(7-12)2-3-10/h1,4-5H,2-3,6-7,12H2. The van der Waals surface area contributed by atoms with Gasteiger partial charge in [-0.25, -0.2) is 4.39 Å². The Morgan fingerprint density at radius 2 is 2.31 bits per heavy atom. The van der Waals surface area contributed by atoms with Crippen LogP contribution in [0.1, 0.15) is 18.5 Å². The molecule has 3 heteroatoms. The molecule has 1 heterocycles. The first kappa shape index (κ1) is 8.63. The van der Waals surface area contributed by atoms with E-state index in [2.05, 4.69) is 4.98 Å². The summed E-state index contributed by atoms with van der Waals surface area (Å²) in [6.07, 6.45) is 4.64. The van der Waals surface area contributed by atoms with E-state index in [9.17, 15) is 4.39 Å². The lowest BCUT2D eigenvalue weighted by atomic mass is 10.0. The van der Waals surface area contributed by atoms with Crippen molar-refractivity contribution in [1.29, 1.82) is 0 Å². The normalized spacial score (nSPS) is 18.6. The van der Waals surface area contributed by atoms with Crippen LogP contribution in [0.5, 0.6) is 0 Å². The van der Waals surface area contributed by atoms with Crippen LogP contribution in [0.3, 0.4) is 0 Å². The van der Waals surface area contributed by atoms with Gasteiger partial charge < -0.3 is 5.73 Å². The zero-order chi connectivity index (χ0) is 9.31. The number of nitrogens with zero attached hydrogens (tertiary/aromatic N) is 1. The molecule has 0 aromatic carbocycles. The highest BCUT2D eigenvalue weighted by molar-refractivity contribution is 5.11. The van der Waals surface area contributed by atoms with Crippen LogP contribution in [0, 0.1) is 11.2 Å². The molecule has 2 rings (SSSR count). The van der Waals surface area contributed by atoms with E-state index in [-0.39, 0.29) is 11.2 Å². The molecular weight excluding hydrogens is 167 g/mol. The summed E-state index contributed by atoms with van der Waals surface area (Å²) in [5, 5.41) is 0. The van der Waals surface area contributed by atoms with Gasteiger partial charge in [-0.3, -0.25) is 4.98 Å². The first-order valence-corrected chi connectivity index (χ1v) is 4.55. The molecule has 1 fully saturated rings. The zero-order valence-corrected chi connectivity index (χ0v) is 7.46. The molecule has 0 atom stereocenters. The van der Waals surface area contributed by atoms with Crippen molar-refractivity contribution in [2.45, 2.75) is 19.3 Å². The number of nitrogens with two attached hydrogens (primary N) is 1. The minimum absolute atomic E-state index is 0.210. The van der Waals surface area contributed by atoms with Crippen LogP contribution in [0.4, 0.5) is 4.39 Å². The van der Waals surface area contributed by atoms with Crippen LogP contribution in [0.2, 0.25) is 0 Å². The Bertz CT molecular complexity index is 308. The van der Waals surface area contributed by atoms with Crippen LogP contribution in [0.15, 0.2) is 18.3 Å². The third kappa shape index (κ3) is 1.86. The molecule has 0 bridgehead atoms. The lowest BCUT2D eigenvalue weighted by Crippen LogP contribution is -2.18. The molecule has 0 aliphatic heterocycles. The average Bonchev–Trinajstić information content (AvgIpc) is 2.86. The first-order chi connectivity index (χ1) is 6.24. The highest BCUT2D eigenvalue weighted by atomic mass is 19.1. The summed E-state index contributed by atoms with van der Waals surface area (Å²) in [4.78, 5) is 4.12. The fraction of sp³-hybridized carbons (Fsp3) is 0.500. The number of pyridine rings is 1. The Balaban J connectivity index is 2.09. The lowest BCUT2D eigenvalue weighted by molar-refractivity contribution is 0.510. The Hall–Kier alpha value is -0.960. The zero-order valence-electron chi connectivity index (χ0n) is 7.46. The van der Waals surface area contributed by atoms with Crippen LogP contribution < -0.4 is 5.73 Å². The monoisotopic (exact) mass is 180 g/mol. The van der Waals surface area contributed by atoms with Crippen molar-refractivity contribution in [3.63, 3.8) is 0 Å². The highest BCUT2D eigenvalue weighted by Crippen LogP contribution is 2.46. The van der Waals surface area contributed by atoms with Crippen molar-refractivity contribution in [1.82, 2.24) is 4.98 Å². The van der Waals surface area contributed by atoms with Crippen molar-refractivity contribution in [2.24, 2.45) is 11.1 Å². The Labute approximate surface area is 77.0 Å². The fourth-order valence-corrected chi connectivity index (χ4v) is 1.56. The second kappa shape index (κ2) is 3.07. The molecule has 0 radical (unpaired) electrons. The number of hydrogen-bond acceptors (Lipinski definition) is 2. The molecule has 1 aromatic heterocycles. The van der Waals surface area contributed by atoms with Crippen LogP contribution in [0.25, 0.3) is 0 Å². The van der Waals surface area contributed by atoms with Gasteiger partial charge in [0, 0.05) is 11.9 Å². The average molecular weight is 180 g/mol. The van der Waals surface area contributed by atoms with E-state index >= 15 is 0 Å². The topological polar surface area (TPSA) is 38.9 Å². The van der Waals surface area contributed by atoms with Crippen molar-refractivity contribution in [3.05, 3.63) is 29.8 Å². The summed E-state index contributed by atoms with van der Waals surface area (Å²) < 4.78 is 12.8. The number of aromatic nitrogens is 1. The van der Waals surface area contributed by atoms with E-state index in [1.165, 1.54) is 18.3 Å². The van der Waals surface area contributed by atoms with E-state index in [0.717, 1.165) is 25.0 Å². The maximum atomic E-state index is 12.8. The SMILES string of the molecule is NCC1(Cc2cc(F)ccn2)CC1. The van der Waals surface area contributed by atoms with Crippen molar-refractivity contribution in [3.8, 4) is 0 Å². The van der Waals surface area contributed by atoms with Gasteiger partial charge in [-0.15, -0.1) is 0 Å². The second-order valence-electron chi connectivity index (χ2n) is 3.85. The summed E-state index contributed by atoms with van der Waals surface area (Å²) in [5.41, 5.74) is 6.69. The minimum atomic E-state index is -0.210. The van der Waals surface area contributed by atoms with Gasteiger partial charge >= 0.3 is 0 Å². The van der Waals surface area contributed by atoms with E-state index in [1.807, 2.05) is 0 Å². The Morgan fingerprint density at radius 3 is 2.85 bits per heavy atom. The predicted octanol–water partition coefficient (Wildman–Crippen LogP) is 1.50. The van der Waals surface area contributed by atoms with Gasteiger partial charge in [-0.2, -0.15) is 0 Å². The first-order valence-electron chi connectivity index (χ1n) is 4.55. The Kier molecular flexibility index (Phi) is 2.04. The maximum absolute atomic E-state index is 12.8. The van der Waals surface area contributed by atoms with E-state index in [0.29, 0.717) is 6.54 Å². The third-order valence-corrected chi connectivity index (χ3v) is 2.72. The summed E-state index contributed by atoms with van der Waals surface area (Å²) in [6, 6.07) is 2.86. The van der Waals surface area contributed by atoms with E-state index in [1.54, 1.807) is 0 Å². The van der Waals surface area contributed by atoms with Crippen molar-refractivity contribution >= 4 is 0 Å². The maximum Gasteiger partial charge on any atom is 0.126 e. The molecule has 0 spiro atoms. The summed E-state index contributed by atoms with van der Waals surface area (Å²) >= 11 is 0. The molecule has 1 aromatic rings. The smallest absolute Gasteiger partial charge is 0.126 e. The summed E-state index contributed by atoms with van der Waals surface area (Å²) in [7, 11) is 0. The van der Waals surface area contributed by atoms with E-state index < -0.39 is 0 Å². The number of rotatable bonds is 3. The molecule has 2 N–H and O–H groups in total. The number of halogens is 1. The molecule has 13 heavy (non-hydrogen) atoms. The molecule has 1 saturated carbocycles. The van der Waals surface area contributed by atoms with Crippen molar-refractivity contribution in [2.75, 3.05) is 6.54 Å². The van der Waals surface area contributed by atoms with Crippen LogP contribution >= 0.6 is 0 Å². The molecule has 0 amide bonds. The van der Waals surface area contributed by atoms with Crippen molar-refractivity contribution < 1.29 is 4.39 Å². The van der Waals surface area contributed by atoms with Crippen LogP contribution in [-0.4, -0.2) is 11.5 Å². The van der Waals surface area contributed by atoms with Crippen LogP contribution in [-0.2, 0) is 6.42 Å². The van der Waals surface area contributed by atoms with E-state index in [4.69, 9.17) is 5.73 Å². The molecule has 0 saturated heterocycles. The second-order valence-corrected chi connectivity index (χ2v) is 3.85. The van der Waals surface area contributed by atoms with Gasteiger partial charge in [-0.05, 0) is 43.4 Å². The predicted molar refractivity (Wildman–Crippen MR) is 48.6 cm³/mol.